The zero-order chi connectivity index (χ0) is 13.3. The first-order chi connectivity index (χ1) is 8.38. The quantitative estimate of drug-likeness (QED) is 0.787. The lowest BCUT2D eigenvalue weighted by molar-refractivity contribution is -0.137. The first-order valence-corrected chi connectivity index (χ1v) is 6.18. The molecule has 0 N–H and O–H groups in total. The van der Waals surface area contributed by atoms with Crippen LogP contribution in [0.1, 0.15) is 20.4 Å². The van der Waals surface area contributed by atoms with Crippen LogP contribution >= 0.6 is 27.3 Å². The maximum atomic E-state index is 12.3. The summed E-state index contributed by atoms with van der Waals surface area (Å²) in [4.78, 5) is 18.8. The standard InChI is InChI=1S/C10H4BrF3N2OS/c11-5-1-2-6(15-3-5)8(17)7-4-16-9(18-7)10(12,13)14/h1-4H. The molecule has 2 aromatic heterocycles. The summed E-state index contributed by atoms with van der Waals surface area (Å²) in [5.41, 5.74) is 0.0792. The van der Waals surface area contributed by atoms with Crippen molar-refractivity contribution < 1.29 is 18.0 Å². The number of alkyl halides is 3. The number of pyridine rings is 1. The van der Waals surface area contributed by atoms with E-state index in [-0.39, 0.29) is 10.6 Å². The van der Waals surface area contributed by atoms with Gasteiger partial charge in [0.1, 0.15) is 5.69 Å². The predicted octanol–water partition coefficient (Wildman–Crippen LogP) is 3.55. The van der Waals surface area contributed by atoms with E-state index < -0.39 is 17.0 Å². The van der Waals surface area contributed by atoms with E-state index in [4.69, 9.17) is 0 Å². The molecular formula is C10H4BrF3N2OS. The molecule has 0 fully saturated rings. The van der Waals surface area contributed by atoms with Gasteiger partial charge in [-0.25, -0.2) is 4.98 Å². The van der Waals surface area contributed by atoms with Crippen LogP contribution in [0.2, 0.25) is 0 Å². The van der Waals surface area contributed by atoms with Crippen LogP contribution in [0.15, 0.2) is 29.0 Å². The minimum absolute atomic E-state index is 0.0792. The topological polar surface area (TPSA) is 42.9 Å². The molecule has 18 heavy (non-hydrogen) atoms. The van der Waals surface area contributed by atoms with Gasteiger partial charge in [0.2, 0.25) is 5.78 Å². The number of carbonyl (C=O) groups excluding carboxylic acids is 1. The van der Waals surface area contributed by atoms with Crippen molar-refractivity contribution in [1.82, 2.24) is 9.97 Å². The van der Waals surface area contributed by atoms with Crippen molar-refractivity contribution in [3.8, 4) is 0 Å². The second kappa shape index (κ2) is 4.77. The Hall–Kier alpha value is -1.28. The summed E-state index contributed by atoms with van der Waals surface area (Å²) in [6.07, 6.45) is -2.21. The van der Waals surface area contributed by atoms with Crippen LogP contribution in [0.3, 0.4) is 0 Å². The van der Waals surface area contributed by atoms with Crippen LogP contribution in [0.5, 0.6) is 0 Å². The molecule has 0 saturated carbocycles. The Balaban J connectivity index is 2.29. The van der Waals surface area contributed by atoms with Gasteiger partial charge in [-0.3, -0.25) is 9.78 Å². The number of ketones is 1. The third-order valence-corrected chi connectivity index (χ3v) is 3.44. The fourth-order valence-electron chi connectivity index (χ4n) is 1.15. The SMILES string of the molecule is O=C(c1ccc(Br)cn1)c1cnc(C(F)(F)F)s1. The predicted molar refractivity (Wildman–Crippen MR) is 62.5 cm³/mol. The maximum Gasteiger partial charge on any atom is 0.443 e. The lowest BCUT2D eigenvalue weighted by Gasteiger charge is -1.99. The van der Waals surface area contributed by atoms with Crippen LogP contribution in [0.25, 0.3) is 0 Å². The van der Waals surface area contributed by atoms with E-state index >= 15 is 0 Å². The Morgan fingerprint density at radius 1 is 1.22 bits per heavy atom. The van der Waals surface area contributed by atoms with Crippen LogP contribution in [-0.2, 0) is 6.18 Å². The van der Waals surface area contributed by atoms with Crippen molar-refractivity contribution in [2.75, 3.05) is 0 Å². The molecule has 0 bridgehead atoms. The second-order valence-electron chi connectivity index (χ2n) is 3.22. The van der Waals surface area contributed by atoms with E-state index in [1.54, 1.807) is 6.07 Å². The first kappa shape index (κ1) is 13.2. The molecule has 2 heterocycles. The number of halogens is 4. The monoisotopic (exact) mass is 336 g/mol. The number of hydrogen-bond donors (Lipinski definition) is 0. The fraction of sp³-hybridized carbons (Fsp3) is 0.100. The number of carbonyl (C=O) groups is 1. The van der Waals surface area contributed by atoms with E-state index in [9.17, 15) is 18.0 Å². The number of thiazole rings is 1. The molecule has 3 nitrogen and oxygen atoms in total. The third-order valence-electron chi connectivity index (χ3n) is 1.93. The van der Waals surface area contributed by atoms with Gasteiger partial charge in [0.05, 0.1) is 4.88 Å². The Morgan fingerprint density at radius 2 is 1.94 bits per heavy atom. The highest BCUT2D eigenvalue weighted by Crippen LogP contribution is 2.32. The van der Waals surface area contributed by atoms with Gasteiger partial charge in [0.15, 0.2) is 5.01 Å². The molecule has 0 aliphatic heterocycles. The molecule has 0 aliphatic rings. The Labute approximate surface area is 112 Å². The second-order valence-corrected chi connectivity index (χ2v) is 5.16. The van der Waals surface area contributed by atoms with Crippen LogP contribution in [0.4, 0.5) is 13.2 Å². The number of rotatable bonds is 2. The van der Waals surface area contributed by atoms with Crippen molar-refractivity contribution in [3.05, 3.63) is 44.6 Å². The van der Waals surface area contributed by atoms with E-state index in [0.717, 1.165) is 6.20 Å². The lowest BCUT2D eigenvalue weighted by atomic mass is 10.2. The van der Waals surface area contributed by atoms with E-state index in [0.29, 0.717) is 15.8 Å². The largest absolute Gasteiger partial charge is 0.443 e. The van der Waals surface area contributed by atoms with Crippen LogP contribution < -0.4 is 0 Å². The molecule has 94 valence electrons. The number of aromatic nitrogens is 2. The van der Waals surface area contributed by atoms with Crippen molar-refractivity contribution >= 4 is 33.0 Å². The molecular weight excluding hydrogens is 333 g/mol. The van der Waals surface area contributed by atoms with Crippen LogP contribution in [-0.4, -0.2) is 15.8 Å². The summed E-state index contributed by atoms with van der Waals surface area (Å²) in [5, 5.41) is -1.04. The molecule has 0 radical (unpaired) electrons. The molecule has 8 heteroatoms. The van der Waals surface area contributed by atoms with Crippen molar-refractivity contribution in [1.29, 1.82) is 0 Å². The fourth-order valence-corrected chi connectivity index (χ4v) is 2.11. The summed E-state index contributed by atoms with van der Waals surface area (Å²) >= 11 is 3.46. The van der Waals surface area contributed by atoms with Gasteiger partial charge < -0.3 is 0 Å². The molecule has 0 unspecified atom stereocenters. The van der Waals surface area contributed by atoms with Crippen LogP contribution in [0, 0.1) is 0 Å². The van der Waals surface area contributed by atoms with Gasteiger partial charge in [0, 0.05) is 16.9 Å². The molecule has 2 rings (SSSR count). The van der Waals surface area contributed by atoms with Gasteiger partial charge in [0.25, 0.3) is 0 Å². The summed E-state index contributed by atoms with van der Waals surface area (Å²) in [6, 6.07) is 3.02. The average Bonchev–Trinajstić information content (AvgIpc) is 2.78. The lowest BCUT2D eigenvalue weighted by Crippen LogP contribution is -2.03. The zero-order valence-electron chi connectivity index (χ0n) is 8.53. The van der Waals surface area contributed by atoms with E-state index in [1.165, 1.54) is 12.3 Å². The normalized spacial score (nSPS) is 11.6. The van der Waals surface area contributed by atoms with Crippen molar-refractivity contribution in [2.24, 2.45) is 0 Å². The molecule has 0 spiro atoms. The molecule has 0 atom stereocenters. The van der Waals surface area contributed by atoms with Crippen molar-refractivity contribution in [2.45, 2.75) is 6.18 Å². The summed E-state index contributed by atoms with van der Waals surface area (Å²) in [6.45, 7) is 0. The molecule has 2 aromatic rings. The van der Waals surface area contributed by atoms with Gasteiger partial charge in [-0.05, 0) is 28.1 Å². The summed E-state index contributed by atoms with van der Waals surface area (Å²) in [5.74, 6) is -0.574. The summed E-state index contributed by atoms with van der Waals surface area (Å²) in [7, 11) is 0. The van der Waals surface area contributed by atoms with Gasteiger partial charge >= 0.3 is 6.18 Å². The highest BCUT2D eigenvalue weighted by Gasteiger charge is 2.35. The Kier molecular flexibility index (Phi) is 3.49. The minimum Gasteiger partial charge on any atom is -0.286 e. The number of hydrogen-bond acceptors (Lipinski definition) is 4. The van der Waals surface area contributed by atoms with Crippen molar-refractivity contribution in [3.63, 3.8) is 0 Å². The minimum atomic E-state index is -4.53. The molecule has 0 aliphatic carbocycles. The molecule has 0 saturated heterocycles. The van der Waals surface area contributed by atoms with Gasteiger partial charge in [-0.15, -0.1) is 11.3 Å². The molecule has 0 amide bonds. The highest BCUT2D eigenvalue weighted by atomic mass is 79.9. The third kappa shape index (κ3) is 2.75. The van der Waals surface area contributed by atoms with E-state index in [1.807, 2.05) is 0 Å². The highest BCUT2D eigenvalue weighted by molar-refractivity contribution is 9.10. The maximum absolute atomic E-state index is 12.3. The number of nitrogens with zero attached hydrogens (tertiary/aromatic N) is 2. The zero-order valence-corrected chi connectivity index (χ0v) is 10.9. The average molecular weight is 337 g/mol. The smallest absolute Gasteiger partial charge is 0.286 e. The summed E-state index contributed by atoms with van der Waals surface area (Å²) < 4.78 is 37.7. The van der Waals surface area contributed by atoms with E-state index in [2.05, 4.69) is 25.9 Å². The van der Waals surface area contributed by atoms with Gasteiger partial charge in [-0.1, -0.05) is 0 Å². The molecule has 0 aromatic carbocycles. The Bertz CT molecular complexity index is 580. The van der Waals surface area contributed by atoms with Gasteiger partial charge in [-0.2, -0.15) is 13.2 Å². The first-order valence-electron chi connectivity index (χ1n) is 4.57. The Morgan fingerprint density at radius 3 is 2.44 bits per heavy atom.